The summed E-state index contributed by atoms with van der Waals surface area (Å²) in [7, 11) is 0. The third kappa shape index (κ3) is 5.71. The van der Waals surface area contributed by atoms with Gasteiger partial charge in [-0.25, -0.2) is 9.38 Å². The Labute approximate surface area is 203 Å². The minimum Gasteiger partial charge on any atom is -0.325 e. The van der Waals surface area contributed by atoms with E-state index in [4.69, 9.17) is 23.2 Å². The first-order chi connectivity index (χ1) is 15.9. The van der Waals surface area contributed by atoms with Crippen molar-refractivity contribution in [2.75, 3.05) is 5.32 Å². The maximum atomic E-state index is 13.3. The second kappa shape index (κ2) is 10.3. The number of nitrogens with zero attached hydrogens (tertiary/aromatic N) is 3. The highest BCUT2D eigenvalue weighted by Crippen LogP contribution is 2.34. The van der Waals surface area contributed by atoms with Gasteiger partial charge in [-0.05, 0) is 48.5 Å². The molecule has 1 saturated heterocycles. The SMILES string of the molecule is O=C(C[C@@H]1SC(=Nc2ccc(F)cc2)N(Cc2ccccn2)C1=O)Nc1cccc(Cl)c1Cl. The number of carbonyl (C=O) groups excluding carboxylic acids is 2. The summed E-state index contributed by atoms with van der Waals surface area (Å²) < 4.78 is 13.3. The molecule has 1 N–H and O–H groups in total. The minimum atomic E-state index is -0.689. The summed E-state index contributed by atoms with van der Waals surface area (Å²) in [5.41, 5.74) is 1.54. The molecule has 0 aliphatic carbocycles. The number of amidine groups is 1. The zero-order valence-corrected chi connectivity index (χ0v) is 19.4. The van der Waals surface area contributed by atoms with Crippen LogP contribution in [0.2, 0.25) is 10.0 Å². The second-order valence-corrected chi connectivity index (χ2v) is 9.03. The Kier molecular flexibility index (Phi) is 7.27. The van der Waals surface area contributed by atoms with Gasteiger partial charge in [0.25, 0.3) is 0 Å². The number of aliphatic imine (C=N–C) groups is 1. The molecule has 2 aromatic carbocycles. The van der Waals surface area contributed by atoms with Crippen molar-refractivity contribution in [1.29, 1.82) is 0 Å². The molecule has 6 nitrogen and oxygen atoms in total. The summed E-state index contributed by atoms with van der Waals surface area (Å²) in [5.74, 6) is -1.03. The summed E-state index contributed by atoms with van der Waals surface area (Å²) in [4.78, 5) is 36.1. The maximum absolute atomic E-state index is 13.3. The molecule has 4 rings (SSSR count). The van der Waals surface area contributed by atoms with E-state index in [1.165, 1.54) is 40.9 Å². The van der Waals surface area contributed by atoms with Crippen LogP contribution in [-0.2, 0) is 16.1 Å². The predicted octanol–water partition coefficient (Wildman–Crippen LogP) is 5.69. The van der Waals surface area contributed by atoms with Crippen molar-refractivity contribution >= 4 is 63.3 Å². The molecule has 10 heteroatoms. The molecule has 3 aromatic rings. The van der Waals surface area contributed by atoms with Crippen LogP contribution in [0.5, 0.6) is 0 Å². The van der Waals surface area contributed by atoms with Crippen LogP contribution in [0.1, 0.15) is 12.1 Å². The number of hydrogen-bond acceptors (Lipinski definition) is 5. The molecule has 0 radical (unpaired) electrons. The van der Waals surface area contributed by atoms with Gasteiger partial charge in [-0.1, -0.05) is 47.1 Å². The number of rotatable bonds is 6. The van der Waals surface area contributed by atoms with E-state index in [1.807, 2.05) is 6.07 Å². The zero-order chi connectivity index (χ0) is 23.4. The number of halogens is 3. The van der Waals surface area contributed by atoms with Gasteiger partial charge in [0.05, 0.1) is 33.7 Å². The molecule has 1 aromatic heterocycles. The molecule has 168 valence electrons. The zero-order valence-electron chi connectivity index (χ0n) is 17.0. The molecule has 1 aliphatic heterocycles. The lowest BCUT2D eigenvalue weighted by Crippen LogP contribution is -2.33. The van der Waals surface area contributed by atoms with Gasteiger partial charge in [0.2, 0.25) is 11.8 Å². The lowest BCUT2D eigenvalue weighted by molar-refractivity contribution is -0.128. The smallest absolute Gasteiger partial charge is 0.243 e. The van der Waals surface area contributed by atoms with Crippen LogP contribution in [0, 0.1) is 5.82 Å². The van der Waals surface area contributed by atoms with Gasteiger partial charge in [-0.15, -0.1) is 0 Å². The molecular weight excluding hydrogens is 486 g/mol. The largest absolute Gasteiger partial charge is 0.325 e. The number of amides is 2. The average molecular weight is 503 g/mol. The number of anilines is 1. The first-order valence-corrected chi connectivity index (χ1v) is 11.5. The van der Waals surface area contributed by atoms with Gasteiger partial charge in [0, 0.05) is 12.6 Å². The van der Waals surface area contributed by atoms with E-state index in [1.54, 1.807) is 36.5 Å². The molecule has 1 fully saturated rings. The van der Waals surface area contributed by atoms with Gasteiger partial charge in [-0.2, -0.15) is 0 Å². The van der Waals surface area contributed by atoms with Crippen LogP contribution in [-0.4, -0.2) is 32.1 Å². The van der Waals surface area contributed by atoms with E-state index in [-0.39, 0.29) is 35.6 Å². The van der Waals surface area contributed by atoms with Gasteiger partial charge in [0.1, 0.15) is 11.1 Å². The third-order valence-electron chi connectivity index (χ3n) is 4.71. The summed E-state index contributed by atoms with van der Waals surface area (Å²) in [5, 5.41) is 2.97. The highest BCUT2D eigenvalue weighted by molar-refractivity contribution is 8.15. The quantitative estimate of drug-likeness (QED) is 0.469. The summed E-state index contributed by atoms with van der Waals surface area (Å²) in [6.07, 6.45) is 1.55. The van der Waals surface area contributed by atoms with E-state index < -0.39 is 5.25 Å². The minimum absolute atomic E-state index is 0.0898. The lowest BCUT2D eigenvalue weighted by atomic mass is 10.2. The molecule has 0 spiro atoms. The fraction of sp³-hybridized carbons (Fsp3) is 0.130. The van der Waals surface area contributed by atoms with E-state index in [2.05, 4.69) is 15.3 Å². The fourth-order valence-corrected chi connectivity index (χ4v) is 4.63. The number of benzene rings is 2. The Morgan fingerprint density at radius 1 is 1.12 bits per heavy atom. The molecular formula is C23H17Cl2FN4O2S. The Bertz CT molecular complexity index is 1210. The number of hydrogen-bond donors (Lipinski definition) is 1. The monoisotopic (exact) mass is 502 g/mol. The Hall–Kier alpha value is -2.94. The van der Waals surface area contributed by atoms with E-state index >= 15 is 0 Å². The molecule has 1 aliphatic rings. The summed E-state index contributed by atoms with van der Waals surface area (Å²) in [6.45, 7) is 0.199. The molecule has 1 atom stereocenters. The van der Waals surface area contributed by atoms with Crippen molar-refractivity contribution in [3.63, 3.8) is 0 Å². The summed E-state index contributed by atoms with van der Waals surface area (Å²) >= 11 is 13.3. The standard InChI is InChI=1S/C23H17Cl2FN4O2S/c24-17-5-3-6-18(21(17)25)29-20(31)12-19-22(32)30(13-16-4-1-2-11-27-16)23(33-19)28-15-9-7-14(26)8-10-15/h1-11,19H,12-13H2,(H,29,31)/t19-/m0/s1. The van der Waals surface area contributed by atoms with E-state index in [0.29, 0.717) is 27.3 Å². The van der Waals surface area contributed by atoms with Crippen molar-refractivity contribution in [3.8, 4) is 0 Å². The Morgan fingerprint density at radius 2 is 1.91 bits per heavy atom. The molecule has 0 bridgehead atoms. The van der Waals surface area contributed by atoms with Crippen LogP contribution in [0.25, 0.3) is 0 Å². The van der Waals surface area contributed by atoms with Crippen molar-refractivity contribution in [2.24, 2.45) is 4.99 Å². The second-order valence-electron chi connectivity index (χ2n) is 7.08. The average Bonchev–Trinajstić information content (AvgIpc) is 3.08. The van der Waals surface area contributed by atoms with Crippen molar-refractivity contribution in [3.05, 3.63) is 88.4 Å². The van der Waals surface area contributed by atoms with E-state index in [9.17, 15) is 14.0 Å². The first-order valence-electron chi connectivity index (χ1n) is 9.87. The molecule has 2 heterocycles. The first kappa shape index (κ1) is 23.2. The van der Waals surface area contributed by atoms with Crippen LogP contribution in [0.4, 0.5) is 15.8 Å². The van der Waals surface area contributed by atoms with Crippen molar-refractivity contribution < 1.29 is 14.0 Å². The van der Waals surface area contributed by atoms with Gasteiger partial charge in [-0.3, -0.25) is 19.5 Å². The Balaban J connectivity index is 1.54. The highest BCUT2D eigenvalue weighted by Gasteiger charge is 2.39. The van der Waals surface area contributed by atoms with Crippen LogP contribution < -0.4 is 5.32 Å². The van der Waals surface area contributed by atoms with Gasteiger partial charge in [0.15, 0.2) is 5.17 Å². The van der Waals surface area contributed by atoms with Crippen LogP contribution >= 0.6 is 35.0 Å². The van der Waals surface area contributed by atoms with Crippen molar-refractivity contribution in [2.45, 2.75) is 18.2 Å². The lowest BCUT2D eigenvalue weighted by Gasteiger charge is -2.16. The Morgan fingerprint density at radius 3 is 2.64 bits per heavy atom. The fourth-order valence-electron chi connectivity index (χ4n) is 3.12. The molecule has 0 saturated carbocycles. The number of pyridine rings is 1. The van der Waals surface area contributed by atoms with Crippen molar-refractivity contribution in [1.82, 2.24) is 9.88 Å². The number of carbonyl (C=O) groups is 2. The van der Waals surface area contributed by atoms with E-state index in [0.717, 1.165) is 0 Å². The van der Waals surface area contributed by atoms with Gasteiger partial charge >= 0.3 is 0 Å². The predicted molar refractivity (Wildman–Crippen MR) is 129 cm³/mol. The topological polar surface area (TPSA) is 74.7 Å². The normalized spacial score (nSPS) is 16.9. The third-order valence-corrected chi connectivity index (χ3v) is 6.71. The van der Waals surface area contributed by atoms with Gasteiger partial charge < -0.3 is 5.32 Å². The van der Waals surface area contributed by atoms with Crippen LogP contribution in [0.15, 0.2) is 71.9 Å². The maximum Gasteiger partial charge on any atom is 0.243 e. The molecule has 2 amide bonds. The molecule has 0 unspecified atom stereocenters. The van der Waals surface area contributed by atoms with Crippen LogP contribution in [0.3, 0.4) is 0 Å². The summed E-state index contributed by atoms with van der Waals surface area (Å²) in [6, 6.07) is 16.0. The number of aromatic nitrogens is 1. The number of nitrogens with one attached hydrogen (secondary N) is 1. The molecule has 33 heavy (non-hydrogen) atoms. The number of thioether (sulfide) groups is 1. The highest BCUT2D eigenvalue weighted by atomic mass is 35.5.